The summed E-state index contributed by atoms with van der Waals surface area (Å²) < 4.78 is 12.2. The summed E-state index contributed by atoms with van der Waals surface area (Å²) in [6.07, 6.45) is 0.305. The molecule has 0 saturated carbocycles. The zero-order valence-corrected chi connectivity index (χ0v) is 21.7. The predicted molar refractivity (Wildman–Crippen MR) is 142 cm³/mol. The summed E-state index contributed by atoms with van der Waals surface area (Å²) in [5.41, 5.74) is 4.01. The number of halogens is 2. The van der Waals surface area contributed by atoms with Gasteiger partial charge in [0.25, 0.3) is 0 Å². The summed E-state index contributed by atoms with van der Waals surface area (Å²) in [6.45, 7) is 3.65. The van der Waals surface area contributed by atoms with E-state index in [1.54, 1.807) is 19.1 Å². The molecule has 0 aliphatic carbocycles. The van der Waals surface area contributed by atoms with Crippen LogP contribution in [0.5, 0.6) is 5.75 Å². The average Bonchev–Trinajstić information content (AvgIpc) is 2.84. The molecular weight excluding hydrogens is 532 g/mol. The Hall–Kier alpha value is -3.09. The van der Waals surface area contributed by atoms with Crippen LogP contribution in [0.25, 0.3) is 22.1 Å². The average molecular weight is 556 g/mol. The summed E-state index contributed by atoms with van der Waals surface area (Å²) in [6, 6.07) is 18.8. The molecule has 1 unspecified atom stereocenters. The standard InChI is InChI=1S/C28H24BrClO5/c1-3-21-16(2)34-27-22(26(21)31)13-15-23(25(27)29)35-24(28(32)33)14-6-17-4-7-18(8-5-17)19-9-11-20(30)12-10-19/h4-5,7-13,15,24H,3,6,14H2,1-2H3,(H,32,33). The molecule has 0 aliphatic heterocycles. The van der Waals surface area contributed by atoms with Gasteiger partial charge in [-0.1, -0.05) is 54.9 Å². The number of hydrogen-bond acceptors (Lipinski definition) is 4. The Bertz CT molecular complexity index is 1430. The molecule has 5 nitrogen and oxygen atoms in total. The van der Waals surface area contributed by atoms with Crippen molar-refractivity contribution in [3.8, 4) is 16.9 Å². The Kier molecular flexibility index (Phi) is 7.63. The van der Waals surface area contributed by atoms with Crippen molar-refractivity contribution in [2.24, 2.45) is 0 Å². The lowest BCUT2D eigenvalue weighted by molar-refractivity contribution is -0.145. The van der Waals surface area contributed by atoms with E-state index in [2.05, 4.69) is 15.9 Å². The minimum atomic E-state index is -1.07. The summed E-state index contributed by atoms with van der Waals surface area (Å²) in [7, 11) is 0. The van der Waals surface area contributed by atoms with Gasteiger partial charge in [-0.15, -0.1) is 0 Å². The molecule has 0 fully saturated rings. The van der Waals surface area contributed by atoms with Crippen molar-refractivity contribution < 1.29 is 19.1 Å². The van der Waals surface area contributed by atoms with Crippen molar-refractivity contribution in [2.75, 3.05) is 0 Å². The molecule has 3 aromatic carbocycles. The van der Waals surface area contributed by atoms with Crippen LogP contribution in [0.1, 0.15) is 30.2 Å². The van der Waals surface area contributed by atoms with Crippen LogP contribution in [0.3, 0.4) is 0 Å². The van der Waals surface area contributed by atoms with Crippen molar-refractivity contribution >= 4 is 44.5 Å². The molecule has 0 spiro atoms. The van der Waals surface area contributed by atoms with Crippen LogP contribution < -0.4 is 10.2 Å². The molecule has 1 aromatic heterocycles. The van der Waals surface area contributed by atoms with E-state index in [4.69, 9.17) is 20.8 Å². The number of carboxylic acids is 1. The summed E-state index contributed by atoms with van der Waals surface area (Å²) >= 11 is 9.41. The Morgan fingerprint density at radius 3 is 2.29 bits per heavy atom. The van der Waals surface area contributed by atoms with E-state index in [9.17, 15) is 14.7 Å². The van der Waals surface area contributed by atoms with Gasteiger partial charge in [0.1, 0.15) is 16.0 Å². The van der Waals surface area contributed by atoms with Gasteiger partial charge in [-0.05, 0) is 83.1 Å². The third kappa shape index (κ3) is 5.44. The molecule has 35 heavy (non-hydrogen) atoms. The highest BCUT2D eigenvalue weighted by Crippen LogP contribution is 2.34. The van der Waals surface area contributed by atoms with Crippen molar-refractivity contribution in [3.05, 3.63) is 97.3 Å². The predicted octanol–water partition coefficient (Wildman–Crippen LogP) is 7.21. The van der Waals surface area contributed by atoms with E-state index in [0.29, 0.717) is 50.4 Å². The first-order valence-electron chi connectivity index (χ1n) is 11.3. The van der Waals surface area contributed by atoms with Crippen molar-refractivity contribution in [3.63, 3.8) is 0 Å². The van der Waals surface area contributed by atoms with Gasteiger partial charge in [-0.2, -0.15) is 0 Å². The van der Waals surface area contributed by atoms with Gasteiger partial charge in [0.15, 0.2) is 17.1 Å². The molecule has 180 valence electrons. The molecule has 7 heteroatoms. The minimum absolute atomic E-state index is 0.0877. The van der Waals surface area contributed by atoms with Gasteiger partial charge in [0, 0.05) is 10.6 Å². The van der Waals surface area contributed by atoms with Crippen LogP contribution in [0, 0.1) is 6.92 Å². The van der Waals surface area contributed by atoms with Crippen LogP contribution in [0.15, 0.2) is 74.3 Å². The maximum atomic E-state index is 12.7. The van der Waals surface area contributed by atoms with Crippen molar-refractivity contribution in [2.45, 2.75) is 39.2 Å². The van der Waals surface area contributed by atoms with Crippen molar-refractivity contribution in [1.82, 2.24) is 0 Å². The molecule has 0 bridgehead atoms. The zero-order valence-electron chi connectivity index (χ0n) is 19.3. The van der Waals surface area contributed by atoms with Crippen LogP contribution >= 0.6 is 27.5 Å². The van der Waals surface area contributed by atoms with E-state index >= 15 is 0 Å². The zero-order chi connectivity index (χ0) is 25.1. The van der Waals surface area contributed by atoms with E-state index in [0.717, 1.165) is 16.7 Å². The lowest BCUT2D eigenvalue weighted by Gasteiger charge is -2.17. The number of aliphatic carboxylic acids is 1. The van der Waals surface area contributed by atoms with Gasteiger partial charge in [0.05, 0.1) is 5.39 Å². The number of fused-ring (bicyclic) bond motifs is 1. The molecule has 1 N–H and O–H groups in total. The summed E-state index contributed by atoms with van der Waals surface area (Å²) in [4.78, 5) is 24.7. The fraction of sp³-hybridized carbons (Fsp3) is 0.214. The molecule has 1 atom stereocenters. The number of carbonyl (C=O) groups is 1. The molecule has 0 saturated heterocycles. The highest BCUT2D eigenvalue weighted by Gasteiger charge is 2.23. The van der Waals surface area contributed by atoms with Crippen LogP contribution in [0.2, 0.25) is 5.02 Å². The van der Waals surface area contributed by atoms with Crippen LogP contribution in [-0.2, 0) is 17.6 Å². The summed E-state index contributed by atoms with van der Waals surface area (Å²) in [5, 5.41) is 10.9. The van der Waals surface area contributed by atoms with Crippen molar-refractivity contribution in [1.29, 1.82) is 0 Å². The highest BCUT2D eigenvalue weighted by atomic mass is 79.9. The molecule has 1 heterocycles. The quantitative estimate of drug-likeness (QED) is 0.249. The number of aryl methyl sites for hydroxylation is 2. The summed E-state index contributed by atoms with van der Waals surface area (Å²) in [5.74, 6) is -0.205. The molecule has 4 aromatic rings. The third-order valence-corrected chi connectivity index (χ3v) is 6.99. The smallest absolute Gasteiger partial charge is 0.344 e. The van der Waals surface area contributed by atoms with Crippen LogP contribution in [-0.4, -0.2) is 17.2 Å². The van der Waals surface area contributed by atoms with E-state index < -0.39 is 12.1 Å². The fourth-order valence-electron chi connectivity index (χ4n) is 4.04. The topological polar surface area (TPSA) is 76.7 Å². The molecule has 0 radical (unpaired) electrons. The number of rotatable bonds is 8. The number of hydrogen-bond donors (Lipinski definition) is 1. The monoisotopic (exact) mass is 554 g/mol. The number of ether oxygens (including phenoxy) is 1. The van der Waals surface area contributed by atoms with Gasteiger partial charge >= 0.3 is 5.97 Å². The van der Waals surface area contributed by atoms with Gasteiger partial charge in [-0.25, -0.2) is 4.79 Å². The lowest BCUT2D eigenvalue weighted by Crippen LogP contribution is -2.27. The van der Waals surface area contributed by atoms with E-state index in [1.807, 2.05) is 55.5 Å². The normalized spacial score (nSPS) is 12.0. The maximum absolute atomic E-state index is 12.7. The molecule has 4 rings (SSSR count). The maximum Gasteiger partial charge on any atom is 0.344 e. The first-order valence-corrected chi connectivity index (χ1v) is 12.4. The molecule has 0 aliphatic rings. The second kappa shape index (κ2) is 10.7. The van der Waals surface area contributed by atoms with Crippen LogP contribution in [0.4, 0.5) is 0 Å². The third-order valence-electron chi connectivity index (χ3n) is 5.99. The SMILES string of the molecule is CCc1c(C)oc2c(Br)c(OC(CCc3ccc(-c4ccc(Cl)cc4)cc3)C(=O)O)ccc2c1=O. The first-order chi connectivity index (χ1) is 16.8. The second-order valence-corrected chi connectivity index (χ2v) is 9.49. The number of benzene rings is 3. The lowest BCUT2D eigenvalue weighted by atomic mass is 10.0. The first kappa shape index (κ1) is 25.0. The van der Waals surface area contributed by atoms with E-state index in [1.165, 1.54) is 0 Å². The van der Waals surface area contributed by atoms with Gasteiger partial charge < -0.3 is 14.3 Å². The number of carboxylic acid groups (broad SMARTS) is 1. The minimum Gasteiger partial charge on any atom is -0.479 e. The Morgan fingerprint density at radius 2 is 1.69 bits per heavy atom. The fourth-order valence-corrected chi connectivity index (χ4v) is 4.69. The van der Waals surface area contributed by atoms with Gasteiger partial charge in [-0.3, -0.25) is 4.79 Å². The molecule has 0 amide bonds. The van der Waals surface area contributed by atoms with E-state index in [-0.39, 0.29) is 11.8 Å². The Morgan fingerprint density at radius 1 is 1.06 bits per heavy atom. The van der Waals surface area contributed by atoms with Gasteiger partial charge in [0.2, 0.25) is 0 Å². The highest BCUT2D eigenvalue weighted by molar-refractivity contribution is 9.10. The second-order valence-electron chi connectivity index (χ2n) is 8.26. The molecular formula is C28H24BrClO5. The largest absolute Gasteiger partial charge is 0.479 e. The Balaban J connectivity index is 1.51. The Labute approximate surface area is 216 Å².